The van der Waals surface area contributed by atoms with Crippen molar-refractivity contribution in [3.8, 4) is 12.3 Å². The highest BCUT2D eigenvalue weighted by molar-refractivity contribution is 4.83. The summed E-state index contributed by atoms with van der Waals surface area (Å²) < 4.78 is 0. The van der Waals surface area contributed by atoms with E-state index in [4.69, 9.17) is 11.3 Å². The van der Waals surface area contributed by atoms with Crippen LogP contribution in [0.3, 0.4) is 0 Å². The largest absolute Gasteiger partial charge is 0.389 e. The van der Waals surface area contributed by atoms with Crippen LogP contribution in [-0.2, 0) is 4.84 Å². The minimum absolute atomic E-state index is 0.143. The Kier molecular flexibility index (Phi) is 4.12. The molecule has 0 aromatic carbocycles. The molecule has 0 aliphatic heterocycles. The molecule has 0 aromatic heterocycles. The monoisotopic (exact) mass is 157 g/mol. The van der Waals surface area contributed by atoms with Gasteiger partial charge in [-0.15, -0.1) is 6.42 Å². The maximum absolute atomic E-state index is 9.39. The molecule has 0 rings (SSSR count). The Hall–Kier alpha value is -0.560. The third-order valence-electron chi connectivity index (χ3n) is 1.48. The van der Waals surface area contributed by atoms with Gasteiger partial charge in [-0.25, -0.2) is 0 Å². The minimum Gasteiger partial charge on any atom is -0.389 e. The molecule has 0 aliphatic carbocycles. The summed E-state index contributed by atoms with van der Waals surface area (Å²) >= 11 is 0. The van der Waals surface area contributed by atoms with Crippen molar-refractivity contribution in [1.29, 1.82) is 0 Å². The number of rotatable bonds is 4. The van der Waals surface area contributed by atoms with Crippen molar-refractivity contribution in [2.45, 2.75) is 32.4 Å². The Balaban J connectivity index is 3.55. The van der Waals surface area contributed by atoms with Crippen molar-refractivity contribution in [2.75, 3.05) is 6.61 Å². The lowest BCUT2D eigenvalue weighted by molar-refractivity contribution is -0.0407. The van der Waals surface area contributed by atoms with Gasteiger partial charge in [-0.2, -0.15) is 5.48 Å². The second kappa shape index (κ2) is 4.35. The lowest BCUT2D eigenvalue weighted by atomic mass is 10.0. The predicted octanol–water partition coefficient (Wildman–Crippen LogP) is 0.300. The van der Waals surface area contributed by atoms with Crippen molar-refractivity contribution >= 4 is 0 Å². The zero-order chi connectivity index (χ0) is 8.91. The van der Waals surface area contributed by atoms with Gasteiger partial charge in [-0.05, 0) is 20.8 Å². The second-order valence-corrected chi connectivity index (χ2v) is 2.99. The molecule has 1 unspecified atom stereocenters. The van der Waals surface area contributed by atoms with E-state index in [-0.39, 0.29) is 12.6 Å². The fraction of sp³-hybridized carbons (Fsp3) is 0.750. The fourth-order valence-electron chi connectivity index (χ4n) is 0.353. The van der Waals surface area contributed by atoms with Gasteiger partial charge in [0.2, 0.25) is 0 Å². The maximum Gasteiger partial charge on any atom is 0.128 e. The third kappa shape index (κ3) is 4.79. The number of aliphatic hydroxyl groups is 1. The first-order valence-corrected chi connectivity index (χ1v) is 3.51. The topological polar surface area (TPSA) is 41.5 Å². The predicted molar refractivity (Wildman–Crippen MR) is 43.7 cm³/mol. The van der Waals surface area contributed by atoms with Crippen molar-refractivity contribution in [1.82, 2.24) is 5.48 Å². The van der Waals surface area contributed by atoms with Gasteiger partial charge >= 0.3 is 0 Å². The van der Waals surface area contributed by atoms with E-state index in [1.807, 2.05) is 6.92 Å². The zero-order valence-electron chi connectivity index (χ0n) is 7.22. The molecule has 0 fully saturated rings. The fourth-order valence-corrected chi connectivity index (χ4v) is 0.353. The molecule has 3 heteroatoms. The lowest BCUT2D eigenvalue weighted by Crippen LogP contribution is -2.44. The lowest BCUT2D eigenvalue weighted by Gasteiger charge is -2.25. The van der Waals surface area contributed by atoms with E-state index in [1.165, 1.54) is 0 Å². The van der Waals surface area contributed by atoms with Crippen LogP contribution >= 0.6 is 0 Å². The van der Waals surface area contributed by atoms with Crippen LogP contribution in [0.15, 0.2) is 0 Å². The molecule has 2 N–H and O–H groups in total. The smallest absolute Gasteiger partial charge is 0.128 e. The van der Waals surface area contributed by atoms with Crippen LogP contribution in [0.5, 0.6) is 0 Å². The molecule has 0 heterocycles. The summed E-state index contributed by atoms with van der Waals surface area (Å²) in [6.07, 6.45) is 4.95. The molecule has 64 valence electrons. The molecule has 3 nitrogen and oxygen atoms in total. The number of hydroxylamine groups is 1. The van der Waals surface area contributed by atoms with E-state index in [0.29, 0.717) is 0 Å². The number of nitrogens with one attached hydrogen (secondary N) is 1. The summed E-state index contributed by atoms with van der Waals surface area (Å²) in [6, 6.07) is -0.143. The van der Waals surface area contributed by atoms with Crippen molar-refractivity contribution in [3.63, 3.8) is 0 Å². The average molecular weight is 157 g/mol. The molecule has 0 radical (unpaired) electrons. The van der Waals surface area contributed by atoms with Gasteiger partial charge in [0.15, 0.2) is 0 Å². The molecule has 0 saturated heterocycles. The Morgan fingerprint density at radius 1 is 1.73 bits per heavy atom. The van der Waals surface area contributed by atoms with Crippen LogP contribution in [0.1, 0.15) is 20.8 Å². The van der Waals surface area contributed by atoms with E-state index in [9.17, 15) is 5.11 Å². The minimum atomic E-state index is -0.797. The standard InChI is InChI=1S/C8H15NO2/c1-5-6-11-9-7(2)8(3,4)10/h1,7,9-10H,6H2,2-4H3. The molecule has 0 spiro atoms. The first-order valence-electron chi connectivity index (χ1n) is 3.51. The van der Waals surface area contributed by atoms with Gasteiger partial charge in [0, 0.05) is 0 Å². The Bertz CT molecular complexity index is 143. The van der Waals surface area contributed by atoms with Gasteiger partial charge in [-0.1, -0.05) is 5.92 Å². The van der Waals surface area contributed by atoms with Gasteiger partial charge < -0.3 is 5.11 Å². The normalized spacial score (nSPS) is 14.1. The van der Waals surface area contributed by atoms with E-state index in [2.05, 4.69) is 11.4 Å². The summed E-state index contributed by atoms with van der Waals surface area (Å²) in [5.74, 6) is 2.31. The van der Waals surface area contributed by atoms with Crippen LogP contribution in [0.25, 0.3) is 0 Å². The van der Waals surface area contributed by atoms with E-state index in [1.54, 1.807) is 13.8 Å². The van der Waals surface area contributed by atoms with Crippen LogP contribution in [0.2, 0.25) is 0 Å². The Labute approximate surface area is 67.7 Å². The van der Waals surface area contributed by atoms with Crippen molar-refractivity contribution < 1.29 is 9.94 Å². The van der Waals surface area contributed by atoms with Gasteiger partial charge in [0.05, 0.1) is 11.6 Å². The highest BCUT2D eigenvalue weighted by atomic mass is 16.6. The molecule has 0 bridgehead atoms. The van der Waals surface area contributed by atoms with Crippen LogP contribution in [0.4, 0.5) is 0 Å². The van der Waals surface area contributed by atoms with Gasteiger partial charge in [0.25, 0.3) is 0 Å². The van der Waals surface area contributed by atoms with Crippen molar-refractivity contribution in [3.05, 3.63) is 0 Å². The average Bonchev–Trinajstić information content (AvgIpc) is 1.86. The van der Waals surface area contributed by atoms with Gasteiger partial charge in [0.1, 0.15) is 6.61 Å². The van der Waals surface area contributed by atoms with Crippen LogP contribution in [-0.4, -0.2) is 23.4 Å². The molecule has 0 saturated carbocycles. The first kappa shape index (κ1) is 10.4. The SMILES string of the molecule is C#CCONC(C)C(C)(C)O. The highest BCUT2D eigenvalue weighted by Crippen LogP contribution is 2.06. The third-order valence-corrected chi connectivity index (χ3v) is 1.48. The summed E-state index contributed by atoms with van der Waals surface area (Å²) in [5.41, 5.74) is 1.83. The van der Waals surface area contributed by atoms with E-state index >= 15 is 0 Å². The quantitative estimate of drug-likeness (QED) is 0.350. The number of hydrogen-bond acceptors (Lipinski definition) is 3. The molecular weight excluding hydrogens is 142 g/mol. The molecule has 11 heavy (non-hydrogen) atoms. The summed E-state index contributed by atoms with van der Waals surface area (Å²) in [6.45, 7) is 5.42. The molecule has 1 atom stereocenters. The summed E-state index contributed by atoms with van der Waals surface area (Å²) in [7, 11) is 0. The number of terminal acetylenes is 1. The summed E-state index contributed by atoms with van der Waals surface area (Å²) in [4.78, 5) is 4.82. The molecule has 0 amide bonds. The zero-order valence-corrected chi connectivity index (χ0v) is 7.22. The summed E-state index contributed by atoms with van der Waals surface area (Å²) in [5, 5.41) is 9.39. The first-order chi connectivity index (χ1) is 4.98. The number of hydrogen-bond donors (Lipinski definition) is 2. The molecular formula is C8H15NO2. The Morgan fingerprint density at radius 2 is 2.27 bits per heavy atom. The Morgan fingerprint density at radius 3 is 2.64 bits per heavy atom. The second-order valence-electron chi connectivity index (χ2n) is 2.99. The molecule has 0 aliphatic rings. The van der Waals surface area contributed by atoms with E-state index < -0.39 is 5.60 Å². The maximum atomic E-state index is 9.39. The molecule has 0 aromatic rings. The van der Waals surface area contributed by atoms with Gasteiger partial charge in [-0.3, -0.25) is 4.84 Å². The highest BCUT2D eigenvalue weighted by Gasteiger charge is 2.21. The van der Waals surface area contributed by atoms with Crippen LogP contribution in [0, 0.1) is 12.3 Å². The van der Waals surface area contributed by atoms with E-state index in [0.717, 1.165) is 0 Å². The van der Waals surface area contributed by atoms with Crippen LogP contribution < -0.4 is 5.48 Å². The van der Waals surface area contributed by atoms with Crippen molar-refractivity contribution in [2.24, 2.45) is 0 Å².